The van der Waals surface area contributed by atoms with Crippen LogP contribution in [0.4, 0.5) is 0 Å². The van der Waals surface area contributed by atoms with Crippen LogP contribution in [0.25, 0.3) is 0 Å². The number of piperidine rings is 1. The zero-order valence-electron chi connectivity index (χ0n) is 17.3. The van der Waals surface area contributed by atoms with Crippen molar-refractivity contribution in [2.45, 2.75) is 30.8 Å². The van der Waals surface area contributed by atoms with Crippen molar-refractivity contribution in [3.63, 3.8) is 0 Å². The smallest absolute Gasteiger partial charge is 0.310 e. The van der Waals surface area contributed by atoms with Gasteiger partial charge < -0.3 is 15.2 Å². The Morgan fingerprint density at radius 3 is 2.23 bits per heavy atom. The highest BCUT2D eigenvalue weighted by Crippen LogP contribution is 2.27. The number of sulfonamides is 1. The number of carbonyl (C=O) groups is 2. The molecule has 2 N–H and O–H groups in total. The molecule has 0 radical (unpaired) electrons. The number of hydrogen-bond donors (Lipinski definition) is 1. The van der Waals surface area contributed by atoms with Crippen molar-refractivity contribution in [3.05, 3.63) is 60.2 Å². The number of rotatable bonds is 8. The van der Waals surface area contributed by atoms with Crippen LogP contribution in [0.15, 0.2) is 59.5 Å². The minimum atomic E-state index is -3.67. The molecule has 166 valence electrons. The highest BCUT2D eigenvalue weighted by molar-refractivity contribution is 7.89. The number of hydrogen-bond acceptors (Lipinski definition) is 6. The maximum absolute atomic E-state index is 12.9. The predicted octanol–water partition coefficient (Wildman–Crippen LogP) is 2.26. The number of ether oxygens (including phenoxy) is 2. The first-order valence-electron chi connectivity index (χ1n) is 10.1. The van der Waals surface area contributed by atoms with Gasteiger partial charge in [-0.05, 0) is 44.0 Å². The van der Waals surface area contributed by atoms with E-state index in [0.717, 1.165) is 0 Å². The topological polar surface area (TPSA) is 116 Å². The zero-order chi connectivity index (χ0) is 22.4. The Morgan fingerprint density at radius 1 is 1.06 bits per heavy atom. The molecule has 0 bridgehead atoms. The van der Waals surface area contributed by atoms with Crippen molar-refractivity contribution in [1.29, 1.82) is 0 Å². The number of carbonyl (C=O) groups excluding carboxylic acids is 2. The van der Waals surface area contributed by atoms with Crippen LogP contribution in [0.5, 0.6) is 5.75 Å². The van der Waals surface area contributed by atoms with Gasteiger partial charge in [0, 0.05) is 18.7 Å². The van der Waals surface area contributed by atoms with Crippen LogP contribution < -0.4 is 10.5 Å². The summed E-state index contributed by atoms with van der Waals surface area (Å²) in [6.07, 6.45) is -0.565. The first-order chi connectivity index (χ1) is 14.8. The molecule has 8 nitrogen and oxygen atoms in total. The summed E-state index contributed by atoms with van der Waals surface area (Å²) in [4.78, 5) is 24.5. The largest absolute Gasteiger partial charge is 0.494 e. The summed E-state index contributed by atoms with van der Waals surface area (Å²) < 4.78 is 37.9. The zero-order valence-corrected chi connectivity index (χ0v) is 18.1. The second-order valence-electron chi connectivity index (χ2n) is 7.21. The van der Waals surface area contributed by atoms with Gasteiger partial charge in [0.05, 0.1) is 17.4 Å². The Kier molecular flexibility index (Phi) is 7.29. The minimum Gasteiger partial charge on any atom is -0.494 e. The van der Waals surface area contributed by atoms with Crippen LogP contribution >= 0.6 is 0 Å². The van der Waals surface area contributed by atoms with E-state index in [1.807, 2.05) is 6.92 Å². The van der Waals surface area contributed by atoms with E-state index in [4.69, 9.17) is 15.2 Å². The SMILES string of the molecule is CCOc1ccc(S(=O)(=O)N2CCC(C(=O)OC(C(N)=O)c3ccccc3)CC2)cc1. The van der Waals surface area contributed by atoms with Crippen LogP contribution in [0.1, 0.15) is 31.4 Å². The summed E-state index contributed by atoms with van der Waals surface area (Å²) in [6.45, 7) is 2.71. The number of primary amides is 1. The van der Waals surface area contributed by atoms with E-state index in [1.54, 1.807) is 42.5 Å². The van der Waals surface area contributed by atoms with Crippen molar-refractivity contribution >= 4 is 21.9 Å². The van der Waals surface area contributed by atoms with Gasteiger partial charge in [-0.2, -0.15) is 4.31 Å². The Morgan fingerprint density at radius 2 is 1.68 bits per heavy atom. The van der Waals surface area contributed by atoms with Gasteiger partial charge in [-0.15, -0.1) is 0 Å². The highest BCUT2D eigenvalue weighted by atomic mass is 32.2. The molecule has 0 aliphatic carbocycles. The molecule has 1 atom stereocenters. The van der Waals surface area contributed by atoms with Gasteiger partial charge in [0.15, 0.2) is 0 Å². The van der Waals surface area contributed by atoms with Crippen molar-refractivity contribution in [1.82, 2.24) is 4.31 Å². The Balaban J connectivity index is 1.61. The van der Waals surface area contributed by atoms with Gasteiger partial charge in [0.2, 0.25) is 16.1 Å². The molecular formula is C22H26N2O6S. The summed E-state index contributed by atoms with van der Waals surface area (Å²) in [5, 5.41) is 0. The minimum absolute atomic E-state index is 0.176. The van der Waals surface area contributed by atoms with Crippen molar-refractivity contribution < 1.29 is 27.5 Å². The van der Waals surface area contributed by atoms with E-state index in [1.165, 1.54) is 16.4 Å². The summed E-state index contributed by atoms with van der Waals surface area (Å²) in [6, 6.07) is 14.8. The molecule has 0 aromatic heterocycles. The second-order valence-corrected chi connectivity index (χ2v) is 9.15. The molecule has 2 aromatic carbocycles. The quantitative estimate of drug-likeness (QED) is 0.622. The lowest BCUT2D eigenvalue weighted by Gasteiger charge is -2.30. The number of nitrogens with zero attached hydrogens (tertiary/aromatic N) is 1. The van der Waals surface area contributed by atoms with Crippen LogP contribution in [-0.2, 0) is 24.3 Å². The number of nitrogens with two attached hydrogens (primary N) is 1. The average molecular weight is 447 g/mol. The molecule has 1 unspecified atom stereocenters. The lowest BCUT2D eigenvalue weighted by molar-refractivity contribution is -0.160. The Labute approximate surface area is 182 Å². The number of benzene rings is 2. The van der Waals surface area contributed by atoms with Crippen LogP contribution in [0, 0.1) is 5.92 Å². The molecule has 9 heteroatoms. The fraction of sp³-hybridized carbons (Fsp3) is 0.364. The van der Waals surface area contributed by atoms with E-state index in [9.17, 15) is 18.0 Å². The monoisotopic (exact) mass is 446 g/mol. The van der Waals surface area contributed by atoms with Gasteiger partial charge in [-0.3, -0.25) is 9.59 Å². The lowest BCUT2D eigenvalue weighted by Crippen LogP contribution is -2.41. The molecular weight excluding hydrogens is 420 g/mol. The summed E-state index contributed by atoms with van der Waals surface area (Å²) in [7, 11) is -3.67. The fourth-order valence-corrected chi connectivity index (χ4v) is 4.96. The third kappa shape index (κ3) is 5.42. The van der Waals surface area contributed by atoms with E-state index in [2.05, 4.69) is 0 Å². The van der Waals surface area contributed by atoms with Gasteiger partial charge in [-0.1, -0.05) is 30.3 Å². The average Bonchev–Trinajstić information content (AvgIpc) is 2.78. The van der Waals surface area contributed by atoms with Gasteiger partial charge in [0.1, 0.15) is 5.75 Å². The maximum Gasteiger partial charge on any atom is 0.310 e. The van der Waals surface area contributed by atoms with E-state index in [-0.39, 0.29) is 18.0 Å². The first kappa shape index (κ1) is 22.8. The highest BCUT2D eigenvalue weighted by Gasteiger charge is 2.34. The number of esters is 1. The third-order valence-corrected chi connectivity index (χ3v) is 7.07. The van der Waals surface area contributed by atoms with Crippen LogP contribution in [-0.4, -0.2) is 44.3 Å². The van der Waals surface area contributed by atoms with E-state index in [0.29, 0.717) is 30.8 Å². The summed E-state index contributed by atoms with van der Waals surface area (Å²) in [5.41, 5.74) is 5.91. The summed E-state index contributed by atoms with van der Waals surface area (Å²) >= 11 is 0. The molecule has 31 heavy (non-hydrogen) atoms. The van der Waals surface area contributed by atoms with Gasteiger partial charge in [0.25, 0.3) is 5.91 Å². The maximum atomic E-state index is 12.9. The predicted molar refractivity (Wildman–Crippen MR) is 114 cm³/mol. The molecule has 1 aliphatic heterocycles. The van der Waals surface area contributed by atoms with E-state index >= 15 is 0 Å². The third-order valence-electron chi connectivity index (χ3n) is 5.15. The van der Waals surface area contributed by atoms with Crippen molar-refractivity contribution in [3.8, 4) is 5.75 Å². The Hall–Kier alpha value is -2.91. The summed E-state index contributed by atoms with van der Waals surface area (Å²) in [5.74, 6) is -1.21. The van der Waals surface area contributed by atoms with E-state index < -0.39 is 33.9 Å². The molecule has 1 aliphatic rings. The first-order valence-corrected chi connectivity index (χ1v) is 11.5. The second kappa shape index (κ2) is 9.93. The molecule has 0 spiro atoms. The molecule has 1 heterocycles. The van der Waals surface area contributed by atoms with Crippen LogP contribution in [0.3, 0.4) is 0 Å². The fourth-order valence-electron chi connectivity index (χ4n) is 3.49. The van der Waals surface area contributed by atoms with Crippen LogP contribution in [0.2, 0.25) is 0 Å². The molecule has 1 amide bonds. The Bertz CT molecular complexity index is 1000. The van der Waals surface area contributed by atoms with Gasteiger partial charge >= 0.3 is 5.97 Å². The van der Waals surface area contributed by atoms with Crippen molar-refractivity contribution in [2.24, 2.45) is 11.7 Å². The molecule has 3 rings (SSSR count). The van der Waals surface area contributed by atoms with Gasteiger partial charge in [-0.25, -0.2) is 8.42 Å². The number of amides is 1. The molecule has 1 fully saturated rings. The standard InChI is InChI=1S/C22H26N2O6S/c1-2-29-18-8-10-19(11-9-18)31(27,28)24-14-12-17(13-15-24)22(26)30-20(21(23)25)16-6-4-3-5-7-16/h3-11,17,20H,2,12-15H2,1H3,(H2,23,25). The molecule has 1 saturated heterocycles. The lowest BCUT2D eigenvalue weighted by atomic mass is 9.98. The molecule has 0 saturated carbocycles. The normalized spacial score (nSPS) is 16.4. The molecule has 2 aromatic rings. The van der Waals surface area contributed by atoms with Crippen molar-refractivity contribution in [2.75, 3.05) is 19.7 Å².